The molecule has 2 rings (SSSR count). The average molecular weight is 406 g/mol. The maximum atomic E-state index is 13.7. The van der Waals surface area contributed by atoms with E-state index in [-0.39, 0.29) is 23.7 Å². The van der Waals surface area contributed by atoms with Crippen LogP contribution in [-0.2, 0) is 0 Å². The third-order valence-electron chi connectivity index (χ3n) is 2.67. The zero-order valence-corrected chi connectivity index (χ0v) is 13.4. The van der Waals surface area contributed by atoms with E-state index in [9.17, 15) is 14.6 Å². The van der Waals surface area contributed by atoms with Crippen molar-refractivity contribution in [1.82, 2.24) is 0 Å². The molecule has 1 atom stereocenters. The summed E-state index contributed by atoms with van der Waals surface area (Å²) in [6.45, 7) is -0.164. The SMILES string of the molecule is Oc1c(Br)cccc1OC[C@H](O)c1ccc(Br)cc1F. The van der Waals surface area contributed by atoms with Crippen molar-refractivity contribution in [3.05, 3.63) is 56.7 Å². The lowest BCUT2D eigenvalue weighted by Crippen LogP contribution is -2.11. The molecule has 2 aromatic rings. The molecule has 0 fully saturated rings. The van der Waals surface area contributed by atoms with E-state index in [0.717, 1.165) is 0 Å². The van der Waals surface area contributed by atoms with Gasteiger partial charge >= 0.3 is 0 Å². The number of aromatic hydroxyl groups is 1. The number of hydrogen-bond acceptors (Lipinski definition) is 3. The number of halogens is 3. The normalized spacial score (nSPS) is 12.2. The molecule has 0 saturated carbocycles. The molecular weight excluding hydrogens is 395 g/mol. The molecule has 0 aliphatic rings. The summed E-state index contributed by atoms with van der Waals surface area (Å²) in [4.78, 5) is 0. The quantitative estimate of drug-likeness (QED) is 0.802. The highest BCUT2D eigenvalue weighted by Gasteiger charge is 2.15. The van der Waals surface area contributed by atoms with Gasteiger partial charge in [0.05, 0.1) is 4.47 Å². The lowest BCUT2D eigenvalue weighted by Gasteiger charge is -2.14. The lowest BCUT2D eigenvalue weighted by atomic mass is 10.1. The highest BCUT2D eigenvalue weighted by molar-refractivity contribution is 9.10. The maximum Gasteiger partial charge on any atom is 0.172 e. The van der Waals surface area contributed by atoms with Crippen molar-refractivity contribution in [1.29, 1.82) is 0 Å². The zero-order chi connectivity index (χ0) is 14.7. The third-order valence-corrected chi connectivity index (χ3v) is 3.80. The summed E-state index contributed by atoms with van der Waals surface area (Å²) in [6, 6.07) is 9.30. The number of hydrogen-bond donors (Lipinski definition) is 2. The minimum Gasteiger partial charge on any atom is -0.503 e. The van der Waals surface area contributed by atoms with Crippen molar-refractivity contribution < 1.29 is 19.3 Å². The Morgan fingerprint density at radius 3 is 2.65 bits per heavy atom. The topological polar surface area (TPSA) is 49.7 Å². The molecule has 0 aliphatic heterocycles. The third kappa shape index (κ3) is 3.50. The first-order valence-corrected chi connectivity index (χ1v) is 7.31. The van der Waals surface area contributed by atoms with Gasteiger partial charge in [-0.2, -0.15) is 0 Å². The van der Waals surface area contributed by atoms with E-state index >= 15 is 0 Å². The minimum atomic E-state index is -1.12. The largest absolute Gasteiger partial charge is 0.503 e. The molecule has 0 aromatic heterocycles. The number of ether oxygens (including phenoxy) is 1. The van der Waals surface area contributed by atoms with Gasteiger partial charge in [-0.1, -0.05) is 28.1 Å². The standard InChI is InChI=1S/C14H11Br2FO3/c15-8-4-5-9(11(17)6-8)12(18)7-20-13-3-1-2-10(16)14(13)19/h1-6,12,18-19H,7H2/t12-/m0/s1. The Labute approximate surface area is 132 Å². The van der Waals surface area contributed by atoms with Gasteiger partial charge in [0.2, 0.25) is 0 Å². The predicted octanol–water partition coefficient (Wildman–Crippen LogP) is 4.17. The predicted molar refractivity (Wildman–Crippen MR) is 80.4 cm³/mol. The van der Waals surface area contributed by atoms with Gasteiger partial charge < -0.3 is 14.9 Å². The molecule has 0 saturated heterocycles. The molecule has 0 spiro atoms. The summed E-state index contributed by atoms with van der Waals surface area (Å²) in [5.74, 6) is -0.360. The molecule has 2 aromatic carbocycles. The number of rotatable bonds is 4. The summed E-state index contributed by atoms with van der Waals surface area (Å²) in [5, 5.41) is 19.7. The fraction of sp³-hybridized carbons (Fsp3) is 0.143. The second-order valence-corrected chi connectivity index (χ2v) is 5.85. The maximum absolute atomic E-state index is 13.7. The van der Waals surface area contributed by atoms with Crippen molar-refractivity contribution in [2.45, 2.75) is 6.10 Å². The average Bonchev–Trinajstić information content (AvgIpc) is 2.40. The van der Waals surface area contributed by atoms with Gasteiger partial charge in [0.15, 0.2) is 11.5 Å². The molecule has 0 radical (unpaired) electrons. The smallest absolute Gasteiger partial charge is 0.172 e. The number of aliphatic hydroxyl groups excluding tert-OH is 1. The van der Waals surface area contributed by atoms with Crippen molar-refractivity contribution in [3.63, 3.8) is 0 Å². The molecule has 0 amide bonds. The van der Waals surface area contributed by atoms with Crippen LogP contribution in [-0.4, -0.2) is 16.8 Å². The Hall–Kier alpha value is -1.11. The van der Waals surface area contributed by atoms with Crippen LogP contribution in [0.5, 0.6) is 11.5 Å². The second-order valence-electron chi connectivity index (χ2n) is 4.08. The fourth-order valence-corrected chi connectivity index (χ4v) is 2.32. The monoisotopic (exact) mass is 404 g/mol. The molecule has 0 heterocycles. The Bertz CT molecular complexity index is 619. The van der Waals surface area contributed by atoms with E-state index in [1.165, 1.54) is 12.1 Å². The van der Waals surface area contributed by atoms with Crippen LogP contribution >= 0.6 is 31.9 Å². The Kier molecular flexibility index (Phi) is 5.01. The Balaban J connectivity index is 2.08. The van der Waals surface area contributed by atoms with E-state index in [2.05, 4.69) is 31.9 Å². The van der Waals surface area contributed by atoms with Gasteiger partial charge in [-0.05, 0) is 40.2 Å². The second kappa shape index (κ2) is 6.56. The molecular formula is C14H11Br2FO3. The van der Waals surface area contributed by atoms with Crippen LogP contribution in [0.1, 0.15) is 11.7 Å². The molecule has 0 bridgehead atoms. The van der Waals surface area contributed by atoms with Crippen LogP contribution in [0, 0.1) is 5.82 Å². The van der Waals surface area contributed by atoms with Gasteiger partial charge in [-0.3, -0.25) is 0 Å². The zero-order valence-electron chi connectivity index (χ0n) is 10.2. The van der Waals surface area contributed by atoms with E-state index in [4.69, 9.17) is 4.74 Å². The lowest BCUT2D eigenvalue weighted by molar-refractivity contribution is 0.103. The number of phenols is 1. The number of para-hydroxylation sites is 1. The van der Waals surface area contributed by atoms with Crippen molar-refractivity contribution >= 4 is 31.9 Å². The van der Waals surface area contributed by atoms with Crippen LogP contribution in [0.25, 0.3) is 0 Å². The van der Waals surface area contributed by atoms with Crippen LogP contribution in [0.2, 0.25) is 0 Å². The highest BCUT2D eigenvalue weighted by atomic mass is 79.9. The van der Waals surface area contributed by atoms with Gasteiger partial charge in [-0.15, -0.1) is 0 Å². The number of phenolic OH excluding ortho intramolecular Hbond substituents is 1. The van der Waals surface area contributed by atoms with Crippen LogP contribution < -0.4 is 4.74 Å². The van der Waals surface area contributed by atoms with E-state index in [0.29, 0.717) is 8.95 Å². The van der Waals surface area contributed by atoms with E-state index < -0.39 is 11.9 Å². The molecule has 6 heteroatoms. The molecule has 2 N–H and O–H groups in total. The van der Waals surface area contributed by atoms with Gasteiger partial charge in [-0.25, -0.2) is 4.39 Å². The summed E-state index contributed by atoms with van der Waals surface area (Å²) >= 11 is 6.31. The van der Waals surface area contributed by atoms with E-state index in [1.807, 2.05) is 0 Å². The summed E-state index contributed by atoms with van der Waals surface area (Å²) in [5.41, 5.74) is 0.141. The molecule has 0 unspecified atom stereocenters. The first kappa shape index (κ1) is 15.3. The first-order valence-electron chi connectivity index (χ1n) is 5.72. The van der Waals surface area contributed by atoms with Gasteiger partial charge in [0.1, 0.15) is 18.5 Å². The summed E-state index contributed by atoms with van der Waals surface area (Å²) in [7, 11) is 0. The molecule has 106 valence electrons. The summed E-state index contributed by atoms with van der Waals surface area (Å²) in [6.07, 6.45) is -1.12. The fourth-order valence-electron chi connectivity index (χ4n) is 1.64. The van der Waals surface area contributed by atoms with Gasteiger partial charge in [0.25, 0.3) is 0 Å². The first-order chi connectivity index (χ1) is 9.49. The minimum absolute atomic E-state index is 0.0593. The molecule has 0 aliphatic carbocycles. The molecule has 20 heavy (non-hydrogen) atoms. The Morgan fingerprint density at radius 2 is 1.95 bits per heavy atom. The Morgan fingerprint density at radius 1 is 1.20 bits per heavy atom. The van der Waals surface area contributed by atoms with Crippen molar-refractivity contribution in [2.24, 2.45) is 0 Å². The number of aliphatic hydroxyl groups is 1. The highest BCUT2D eigenvalue weighted by Crippen LogP contribution is 2.34. The van der Waals surface area contributed by atoms with Crippen molar-refractivity contribution in [2.75, 3.05) is 6.61 Å². The van der Waals surface area contributed by atoms with Crippen LogP contribution in [0.3, 0.4) is 0 Å². The van der Waals surface area contributed by atoms with Crippen LogP contribution in [0.15, 0.2) is 45.3 Å². The number of benzene rings is 2. The van der Waals surface area contributed by atoms with Crippen LogP contribution in [0.4, 0.5) is 4.39 Å². The summed E-state index contributed by atoms with van der Waals surface area (Å²) < 4.78 is 20.1. The molecule has 3 nitrogen and oxygen atoms in total. The van der Waals surface area contributed by atoms with Crippen molar-refractivity contribution in [3.8, 4) is 11.5 Å². The van der Waals surface area contributed by atoms with Gasteiger partial charge in [0, 0.05) is 10.0 Å². The van der Waals surface area contributed by atoms with E-state index in [1.54, 1.807) is 24.3 Å².